The van der Waals surface area contributed by atoms with E-state index in [-0.39, 0.29) is 17.9 Å². The van der Waals surface area contributed by atoms with E-state index in [1.165, 1.54) is 4.57 Å². The van der Waals surface area contributed by atoms with Crippen LogP contribution in [0, 0.1) is 0 Å². The van der Waals surface area contributed by atoms with Crippen LogP contribution in [0.4, 0.5) is 5.69 Å². The van der Waals surface area contributed by atoms with Crippen molar-refractivity contribution in [1.82, 2.24) is 9.13 Å². The zero-order chi connectivity index (χ0) is 24.2. The molecule has 35 heavy (non-hydrogen) atoms. The SMILES string of the molecule is O=C(Cc1ccc(-n2c(=O)c3ccccc3n(Cc3ccccc3)c2=O)cc1)Nc1ccccc1. The summed E-state index contributed by atoms with van der Waals surface area (Å²) in [6.07, 6.45) is 0.181. The lowest BCUT2D eigenvalue weighted by molar-refractivity contribution is -0.115. The van der Waals surface area contributed by atoms with Crippen molar-refractivity contribution in [3.63, 3.8) is 0 Å². The summed E-state index contributed by atoms with van der Waals surface area (Å²) in [6.45, 7) is 0.345. The average Bonchev–Trinajstić information content (AvgIpc) is 2.89. The highest BCUT2D eigenvalue weighted by Crippen LogP contribution is 2.14. The van der Waals surface area contributed by atoms with Gasteiger partial charge < -0.3 is 5.32 Å². The third-order valence-electron chi connectivity index (χ3n) is 5.85. The molecule has 172 valence electrons. The van der Waals surface area contributed by atoms with Crippen LogP contribution >= 0.6 is 0 Å². The maximum Gasteiger partial charge on any atom is 0.336 e. The highest BCUT2D eigenvalue weighted by atomic mass is 16.2. The Morgan fingerprint density at radius 3 is 2.03 bits per heavy atom. The van der Waals surface area contributed by atoms with Gasteiger partial charge in [-0.1, -0.05) is 72.8 Å². The number of carbonyl (C=O) groups excluding carboxylic acids is 1. The van der Waals surface area contributed by atoms with Crippen molar-refractivity contribution in [3.8, 4) is 5.69 Å². The van der Waals surface area contributed by atoms with Crippen LogP contribution < -0.4 is 16.6 Å². The van der Waals surface area contributed by atoms with Gasteiger partial charge in [0.1, 0.15) is 0 Å². The second-order valence-electron chi connectivity index (χ2n) is 8.27. The first-order valence-electron chi connectivity index (χ1n) is 11.3. The van der Waals surface area contributed by atoms with Gasteiger partial charge in [0.05, 0.1) is 29.6 Å². The third kappa shape index (κ3) is 4.68. The Morgan fingerprint density at radius 1 is 0.686 bits per heavy atom. The second-order valence-corrected chi connectivity index (χ2v) is 8.27. The van der Waals surface area contributed by atoms with Gasteiger partial charge in [-0.05, 0) is 47.5 Å². The Kier molecular flexibility index (Phi) is 6.09. The lowest BCUT2D eigenvalue weighted by atomic mass is 10.1. The van der Waals surface area contributed by atoms with Crippen molar-refractivity contribution in [2.45, 2.75) is 13.0 Å². The van der Waals surface area contributed by atoms with Crippen LogP contribution in [0.2, 0.25) is 0 Å². The lowest BCUT2D eigenvalue weighted by Gasteiger charge is -2.14. The molecule has 0 fully saturated rings. The zero-order valence-electron chi connectivity index (χ0n) is 18.9. The van der Waals surface area contributed by atoms with Crippen molar-refractivity contribution >= 4 is 22.5 Å². The Bertz CT molecular complexity index is 1600. The minimum atomic E-state index is -0.410. The lowest BCUT2D eigenvalue weighted by Crippen LogP contribution is -2.39. The zero-order valence-corrected chi connectivity index (χ0v) is 18.9. The van der Waals surface area contributed by atoms with E-state index in [0.29, 0.717) is 23.1 Å². The minimum absolute atomic E-state index is 0.142. The third-order valence-corrected chi connectivity index (χ3v) is 5.85. The number of para-hydroxylation sites is 2. The average molecular weight is 462 g/mol. The standard InChI is InChI=1S/C29H23N3O3/c33-27(30-23-11-5-2-6-12-23)19-21-15-17-24(18-16-21)32-28(34)25-13-7-8-14-26(25)31(29(32)35)20-22-9-3-1-4-10-22/h1-18H,19-20H2,(H,30,33). The molecule has 0 atom stereocenters. The number of nitrogens with one attached hydrogen (secondary N) is 1. The number of amides is 1. The number of carbonyl (C=O) groups is 1. The summed E-state index contributed by atoms with van der Waals surface area (Å²) in [7, 11) is 0. The number of rotatable bonds is 6. The Hall–Kier alpha value is -4.71. The molecule has 6 nitrogen and oxygen atoms in total. The molecule has 0 aliphatic carbocycles. The fourth-order valence-electron chi connectivity index (χ4n) is 4.14. The van der Waals surface area contributed by atoms with Crippen LogP contribution in [-0.4, -0.2) is 15.0 Å². The first-order chi connectivity index (χ1) is 17.1. The number of fused-ring (bicyclic) bond motifs is 1. The maximum atomic E-state index is 13.5. The van der Waals surface area contributed by atoms with E-state index >= 15 is 0 Å². The van der Waals surface area contributed by atoms with Crippen LogP contribution in [0.5, 0.6) is 0 Å². The van der Waals surface area contributed by atoms with Crippen LogP contribution in [0.1, 0.15) is 11.1 Å². The number of hydrogen-bond donors (Lipinski definition) is 1. The fraction of sp³-hybridized carbons (Fsp3) is 0.0690. The minimum Gasteiger partial charge on any atom is -0.326 e. The molecule has 1 heterocycles. The van der Waals surface area contributed by atoms with E-state index in [9.17, 15) is 14.4 Å². The highest BCUT2D eigenvalue weighted by molar-refractivity contribution is 5.92. The number of nitrogens with zero attached hydrogens (tertiary/aromatic N) is 2. The molecule has 0 radical (unpaired) electrons. The Labute approximate surface area is 201 Å². The molecular formula is C29H23N3O3. The van der Waals surface area contributed by atoms with Gasteiger partial charge in [-0.2, -0.15) is 0 Å². The largest absolute Gasteiger partial charge is 0.336 e. The normalized spacial score (nSPS) is 10.9. The molecule has 5 aromatic rings. The van der Waals surface area contributed by atoms with Gasteiger partial charge in [0.25, 0.3) is 5.56 Å². The van der Waals surface area contributed by atoms with Crippen molar-refractivity contribution in [1.29, 1.82) is 0 Å². The predicted octanol–water partition coefficient (Wildman–Crippen LogP) is 4.38. The number of anilines is 1. The Morgan fingerprint density at radius 2 is 1.31 bits per heavy atom. The number of aromatic nitrogens is 2. The molecule has 0 saturated carbocycles. The van der Waals surface area contributed by atoms with Crippen molar-refractivity contribution in [2.24, 2.45) is 0 Å². The molecule has 1 N–H and O–H groups in total. The van der Waals surface area contributed by atoms with Gasteiger partial charge in [-0.3, -0.25) is 14.2 Å². The number of hydrogen-bond acceptors (Lipinski definition) is 3. The predicted molar refractivity (Wildman–Crippen MR) is 138 cm³/mol. The fourth-order valence-corrected chi connectivity index (χ4v) is 4.14. The van der Waals surface area contributed by atoms with Gasteiger partial charge in [-0.25, -0.2) is 9.36 Å². The smallest absolute Gasteiger partial charge is 0.326 e. The van der Waals surface area contributed by atoms with Gasteiger partial charge in [-0.15, -0.1) is 0 Å². The molecule has 0 unspecified atom stereocenters. The first-order valence-corrected chi connectivity index (χ1v) is 11.3. The van der Waals surface area contributed by atoms with E-state index in [1.54, 1.807) is 47.0 Å². The molecule has 0 aliphatic rings. The van der Waals surface area contributed by atoms with E-state index in [1.807, 2.05) is 66.7 Å². The summed E-state index contributed by atoms with van der Waals surface area (Å²) in [5.41, 5.74) is 2.74. The molecule has 5 rings (SSSR count). The van der Waals surface area contributed by atoms with Crippen molar-refractivity contribution < 1.29 is 4.79 Å². The highest BCUT2D eigenvalue weighted by Gasteiger charge is 2.15. The summed E-state index contributed by atoms with van der Waals surface area (Å²) < 4.78 is 2.81. The van der Waals surface area contributed by atoms with Crippen LogP contribution in [0.25, 0.3) is 16.6 Å². The summed E-state index contributed by atoms with van der Waals surface area (Å²) in [6, 6.07) is 33.0. The molecule has 4 aromatic carbocycles. The van der Waals surface area contributed by atoms with E-state index < -0.39 is 5.69 Å². The summed E-state index contributed by atoms with van der Waals surface area (Å²) in [5.74, 6) is -0.142. The molecule has 0 bridgehead atoms. The summed E-state index contributed by atoms with van der Waals surface area (Å²) in [4.78, 5) is 39.2. The molecule has 1 amide bonds. The van der Waals surface area contributed by atoms with Crippen molar-refractivity contribution in [3.05, 3.63) is 141 Å². The van der Waals surface area contributed by atoms with Gasteiger partial charge in [0.15, 0.2) is 0 Å². The van der Waals surface area contributed by atoms with E-state index in [2.05, 4.69) is 5.32 Å². The molecule has 0 aliphatic heterocycles. The Balaban J connectivity index is 1.49. The van der Waals surface area contributed by atoms with Gasteiger partial charge in [0.2, 0.25) is 5.91 Å². The molecule has 0 spiro atoms. The monoisotopic (exact) mass is 461 g/mol. The summed E-state index contributed by atoms with van der Waals surface area (Å²) >= 11 is 0. The first kappa shape index (κ1) is 22.1. The van der Waals surface area contributed by atoms with E-state index in [0.717, 1.165) is 16.8 Å². The topological polar surface area (TPSA) is 73.1 Å². The maximum absolute atomic E-state index is 13.5. The number of benzene rings is 4. The second kappa shape index (κ2) is 9.65. The van der Waals surface area contributed by atoms with Crippen LogP contribution in [0.3, 0.4) is 0 Å². The van der Waals surface area contributed by atoms with Crippen LogP contribution in [0.15, 0.2) is 119 Å². The molecular weight excluding hydrogens is 438 g/mol. The van der Waals surface area contributed by atoms with E-state index in [4.69, 9.17) is 0 Å². The molecule has 1 aromatic heterocycles. The van der Waals surface area contributed by atoms with Crippen LogP contribution in [-0.2, 0) is 17.8 Å². The molecule has 0 saturated heterocycles. The van der Waals surface area contributed by atoms with Crippen molar-refractivity contribution in [2.75, 3.05) is 5.32 Å². The van der Waals surface area contributed by atoms with Gasteiger partial charge >= 0.3 is 5.69 Å². The summed E-state index contributed by atoms with van der Waals surface area (Å²) in [5, 5.41) is 3.33. The quantitative estimate of drug-likeness (QED) is 0.408. The molecule has 6 heteroatoms. The van der Waals surface area contributed by atoms with Gasteiger partial charge in [0, 0.05) is 5.69 Å².